The zero-order valence-corrected chi connectivity index (χ0v) is 23.3. The van der Waals surface area contributed by atoms with Crippen LogP contribution in [-0.2, 0) is 40.1 Å². The Morgan fingerprint density at radius 3 is 1.56 bits per heavy atom. The normalized spacial score (nSPS) is 27.9. The van der Waals surface area contributed by atoms with Gasteiger partial charge in [-0.3, -0.25) is 0 Å². The summed E-state index contributed by atoms with van der Waals surface area (Å²) in [6, 6.07) is 38.6. The van der Waals surface area contributed by atoms with Crippen molar-refractivity contribution in [1.29, 1.82) is 0 Å². The van der Waals surface area contributed by atoms with Crippen LogP contribution in [-0.4, -0.2) is 58.2 Å². The zero-order chi connectivity index (χ0) is 28.8. The summed E-state index contributed by atoms with van der Waals surface area (Å²) in [6.45, 7) is -0.386. The van der Waals surface area contributed by atoms with Gasteiger partial charge in [-0.15, -0.1) is 0 Å². The van der Waals surface area contributed by atoms with Crippen LogP contribution in [0.1, 0.15) is 22.3 Å². The molecule has 214 valence electrons. The van der Waals surface area contributed by atoms with Crippen LogP contribution >= 0.6 is 0 Å². The Morgan fingerprint density at radius 1 is 0.659 bits per heavy atom. The van der Waals surface area contributed by atoms with E-state index in [9.17, 15) is 15.3 Å². The van der Waals surface area contributed by atoms with Gasteiger partial charge in [0, 0.05) is 26.4 Å². The zero-order valence-electron chi connectivity index (χ0n) is 23.3. The van der Waals surface area contributed by atoms with E-state index in [0.717, 1.165) is 22.3 Å². The van der Waals surface area contributed by atoms with Crippen molar-refractivity contribution in [2.75, 3.05) is 13.7 Å². The Labute approximate surface area is 241 Å². The van der Waals surface area contributed by atoms with E-state index in [1.807, 2.05) is 121 Å². The second-order valence-electron chi connectivity index (χ2n) is 10.8. The van der Waals surface area contributed by atoms with Gasteiger partial charge in [0.15, 0.2) is 5.60 Å². The molecule has 1 saturated heterocycles. The molecule has 6 nitrogen and oxygen atoms in total. The van der Waals surface area contributed by atoms with E-state index >= 15 is 0 Å². The van der Waals surface area contributed by atoms with Gasteiger partial charge in [0.25, 0.3) is 0 Å². The number of ether oxygens (including phenoxy) is 3. The average Bonchev–Trinajstić information content (AvgIpc) is 3.02. The van der Waals surface area contributed by atoms with Crippen molar-refractivity contribution < 1.29 is 29.5 Å². The van der Waals surface area contributed by atoms with E-state index in [-0.39, 0.29) is 25.9 Å². The molecule has 1 aliphatic rings. The minimum atomic E-state index is -1.95. The van der Waals surface area contributed by atoms with Crippen LogP contribution in [0.15, 0.2) is 121 Å². The maximum Gasteiger partial charge on any atom is 0.205 e. The number of rotatable bonds is 11. The Bertz CT molecular complexity index is 1310. The molecule has 41 heavy (non-hydrogen) atoms. The molecule has 0 unspecified atom stereocenters. The standard InChI is InChI=1S/C35H38O6/c1-39-35(24-29-18-10-4-11-19-29)34(23-28-16-8-3-9-17-28,40-26-30-20-12-5-13-21-30)33(38,32(37)31(25-36)41-35)22-27-14-6-2-7-15-27/h2-21,31-32,36-38H,22-26H2,1H3/t31-,32-,33+,34-,35+/m1/s1. The fraction of sp³-hybridized carbons (Fsp3) is 0.314. The first-order chi connectivity index (χ1) is 20.0. The lowest BCUT2D eigenvalue weighted by Gasteiger charge is -2.62. The first kappa shape index (κ1) is 29.1. The van der Waals surface area contributed by atoms with Gasteiger partial charge in [-0.25, -0.2) is 0 Å². The summed E-state index contributed by atoms with van der Waals surface area (Å²) in [5.41, 5.74) is -0.119. The molecule has 1 heterocycles. The Balaban J connectivity index is 1.75. The topological polar surface area (TPSA) is 88.4 Å². The summed E-state index contributed by atoms with van der Waals surface area (Å²) in [5.74, 6) is -1.60. The molecule has 0 radical (unpaired) electrons. The first-order valence-electron chi connectivity index (χ1n) is 14.0. The molecule has 0 aliphatic carbocycles. The van der Waals surface area contributed by atoms with Crippen molar-refractivity contribution in [3.05, 3.63) is 144 Å². The highest BCUT2D eigenvalue weighted by atomic mass is 16.7. The number of aliphatic hydroxyl groups is 3. The highest BCUT2D eigenvalue weighted by Crippen LogP contribution is 2.52. The molecule has 4 aromatic rings. The Morgan fingerprint density at radius 2 is 1.10 bits per heavy atom. The minimum absolute atomic E-state index is 0.0381. The summed E-state index contributed by atoms with van der Waals surface area (Å²) in [6.07, 6.45) is -2.22. The highest BCUT2D eigenvalue weighted by molar-refractivity contribution is 5.32. The molecule has 1 aliphatic heterocycles. The number of methoxy groups -OCH3 is 1. The fourth-order valence-electron chi connectivity index (χ4n) is 6.14. The third-order valence-electron chi connectivity index (χ3n) is 8.23. The second kappa shape index (κ2) is 12.7. The number of aliphatic hydroxyl groups excluding tert-OH is 2. The van der Waals surface area contributed by atoms with E-state index in [2.05, 4.69) is 0 Å². The van der Waals surface area contributed by atoms with E-state index in [1.54, 1.807) is 0 Å². The third kappa shape index (κ3) is 5.72. The average molecular weight is 555 g/mol. The molecule has 6 heteroatoms. The molecule has 5 atom stereocenters. The lowest BCUT2D eigenvalue weighted by atomic mass is 9.62. The molecule has 0 bridgehead atoms. The molecule has 4 aromatic carbocycles. The summed E-state index contributed by atoms with van der Waals surface area (Å²) in [4.78, 5) is 0. The van der Waals surface area contributed by atoms with Gasteiger partial charge in [0.05, 0.1) is 13.2 Å². The third-order valence-corrected chi connectivity index (χ3v) is 8.23. The van der Waals surface area contributed by atoms with Gasteiger partial charge in [0.1, 0.15) is 17.8 Å². The van der Waals surface area contributed by atoms with Crippen LogP contribution in [0, 0.1) is 0 Å². The molecule has 0 saturated carbocycles. The van der Waals surface area contributed by atoms with Crippen molar-refractivity contribution in [2.45, 2.75) is 55.1 Å². The predicted molar refractivity (Wildman–Crippen MR) is 157 cm³/mol. The molecule has 0 spiro atoms. The number of hydrogen-bond donors (Lipinski definition) is 3. The predicted octanol–water partition coefficient (Wildman–Crippen LogP) is 4.50. The number of hydrogen-bond acceptors (Lipinski definition) is 6. The second-order valence-corrected chi connectivity index (χ2v) is 10.8. The highest BCUT2D eigenvalue weighted by Gasteiger charge is 2.73. The van der Waals surface area contributed by atoms with Crippen molar-refractivity contribution >= 4 is 0 Å². The van der Waals surface area contributed by atoms with Crippen molar-refractivity contribution in [2.24, 2.45) is 0 Å². The van der Waals surface area contributed by atoms with Gasteiger partial charge < -0.3 is 29.5 Å². The van der Waals surface area contributed by atoms with Crippen LogP contribution in [0.2, 0.25) is 0 Å². The van der Waals surface area contributed by atoms with Crippen LogP contribution < -0.4 is 0 Å². The number of benzene rings is 4. The van der Waals surface area contributed by atoms with Crippen LogP contribution in [0.4, 0.5) is 0 Å². The monoisotopic (exact) mass is 554 g/mol. The largest absolute Gasteiger partial charge is 0.394 e. The maximum absolute atomic E-state index is 13.0. The maximum atomic E-state index is 13.0. The Kier molecular flexibility index (Phi) is 9.00. The summed E-state index contributed by atoms with van der Waals surface area (Å²) in [7, 11) is 1.53. The van der Waals surface area contributed by atoms with E-state index < -0.39 is 35.8 Å². The SMILES string of the molecule is CO[C@@]1(Cc2ccccc2)O[C@H](CO)[C@@H](O)[C@@](O)(Cc2ccccc2)[C@@]1(Cc1ccccc1)OCc1ccccc1. The van der Waals surface area contributed by atoms with Gasteiger partial charge in [-0.2, -0.15) is 0 Å². The van der Waals surface area contributed by atoms with E-state index in [0.29, 0.717) is 0 Å². The smallest absolute Gasteiger partial charge is 0.205 e. The summed E-state index contributed by atoms with van der Waals surface area (Å²) in [5, 5.41) is 35.4. The molecule has 0 aromatic heterocycles. The molecular formula is C35H38O6. The fourth-order valence-corrected chi connectivity index (χ4v) is 6.14. The summed E-state index contributed by atoms with van der Waals surface area (Å²) < 4.78 is 19.9. The van der Waals surface area contributed by atoms with E-state index in [1.165, 1.54) is 7.11 Å². The van der Waals surface area contributed by atoms with Gasteiger partial charge in [0.2, 0.25) is 5.79 Å². The van der Waals surface area contributed by atoms with Crippen molar-refractivity contribution in [3.63, 3.8) is 0 Å². The molecule has 1 fully saturated rings. The Hall–Kier alpha value is -3.36. The molecular weight excluding hydrogens is 516 g/mol. The van der Waals surface area contributed by atoms with Gasteiger partial charge >= 0.3 is 0 Å². The van der Waals surface area contributed by atoms with Crippen LogP contribution in [0.25, 0.3) is 0 Å². The quantitative estimate of drug-likeness (QED) is 0.253. The van der Waals surface area contributed by atoms with Crippen molar-refractivity contribution in [3.8, 4) is 0 Å². The lowest BCUT2D eigenvalue weighted by molar-refractivity contribution is -0.431. The van der Waals surface area contributed by atoms with Crippen LogP contribution in [0.3, 0.4) is 0 Å². The summed E-state index contributed by atoms with van der Waals surface area (Å²) >= 11 is 0. The molecule has 5 rings (SSSR count). The lowest BCUT2D eigenvalue weighted by Crippen LogP contribution is -2.82. The van der Waals surface area contributed by atoms with Crippen LogP contribution in [0.5, 0.6) is 0 Å². The molecule has 0 amide bonds. The van der Waals surface area contributed by atoms with Crippen molar-refractivity contribution in [1.82, 2.24) is 0 Å². The minimum Gasteiger partial charge on any atom is -0.394 e. The van der Waals surface area contributed by atoms with E-state index in [4.69, 9.17) is 14.2 Å². The first-order valence-corrected chi connectivity index (χ1v) is 14.0. The van der Waals surface area contributed by atoms with Gasteiger partial charge in [-0.05, 0) is 22.3 Å². The molecule has 3 N–H and O–H groups in total. The van der Waals surface area contributed by atoms with Gasteiger partial charge in [-0.1, -0.05) is 121 Å².